The summed E-state index contributed by atoms with van der Waals surface area (Å²) in [6, 6.07) is 4.23. The van der Waals surface area contributed by atoms with Crippen molar-refractivity contribution in [2.24, 2.45) is 23.5 Å². The van der Waals surface area contributed by atoms with Crippen molar-refractivity contribution in [2.45, 2.75) is 33.7 Å². The zero-order chi connectivity index (χ0) is 13.7. The molecule has 1 atom stereocenters. The lowest BCUT2D eigenvalue weighted by atomic mass is 9.85. The molecule has 0 aliphatic heterocycles. The molecule has 0 saturated heterocycles. The van der Waals surface area contributed by atoms with Crippen LogP contribution in [0.2, 0.25) is 4.34 Å². The Hall–Kier alpha value is -0.0900. The van der Waals surface area contributed by atoms with Crippen LogP contribution >= 0.6 is 22.9 Å². The van der Waals surface area contributed by atoms with E-state index in [0.29, 0.717) is 24.3 Å². The van der Waals surface area contributed by atoms with E-state index >= 15 is 0 Å². The van der Waals surface area contributed by atoms with Gasteiger partial charge in [0, 0.05) is 11.4 Å². The van der Waals surface area contributed by atoms with Gasteiger partial charge in [0.25, 0.3) is 0 Å². The van der Waals surface area contributed by atoms with Crippen LogP contribution in [0, 0.1) is 17.8 Å². The van der Waals surface area contributed by atoms with Crippen LogP contribution in [0.5, 0.6) is 0 Å². The lowest BCUT2D eigenvalue weighted by Gasteiger charge is -2.27. The molecule has 0 radical (unpaired) electrons. The molecule has 1 aromatic heterocycles. The Bertz CT molecular complexity index is 341. The van der Waals surface area contributed by atoms with E-state index in [1.54, 1.807) is 11.3 Å². The number of rotatable bonds is 7. The lowest BCUT2D eigenvalue weighted by molar-refractivity contribution is 0.267. The van der Waals surface area contributed by atoms with Crippen LogP contribution in [0.25, 0.3) is 0 Å². The molecule has 1 heterocycles. The van der Waals surface area contributed by atoms with Crippen LogP contribution in [0.1, 0.15) is 38.6 Å². The zero-order valence-electron chi connectivity index (χ0n) is 11.7. The molecule has 18 heavy (non-hydrogen) atoms. The quantitative estimate of drug-likeness (QED) is 0.798. The van der Waals surface area contributed by atoms with E-state index in [1.807, 2.05) is 6.07 Å². The molecule has 1 rings (SSSR count). The summed E-state index contributed by atoms with van der Waals surface area (Å²) in [5.74, 6) is 2.04. The highest BCUT2D eigenvalue weighted by Crippen LogP contribution is 2.27. The van der Waals surface area contributed by atoms with Gasteiger partial charge in [0.05, 0.1) is 10.4 Å². The zero-order valence-corrected chi connectivity index (χ0v) is 13.3. The summed E-state index contributed by atoms with van der Waals surface area (Å²) < 4.78 is 0.828. The van der Waals surface area contributed by atoms with Crippen molar-refractivity contribution in [1.29, 1.82) is 0 Å². The summed E-state index contributed by atoms with van der Waals surface area (Å²) in [6.45, 7) is 10.8. The largest absolute Gasteiger partial charge is 0.329 e. The molecule has 0 aliphatic rings. The van der Waals surface area contributed by atoms with Gasteiger partial charge in [0.15, 0.2) is 0 Å². The molecule has 1 unspecified atom stereocenters. The number of thiophene rings is 1. The normalized spacial score (nSPS) is 13.8. The predicted octanol–water partition coefficient (Wildman–Crippen LogP) is 3.92. The van der Waals surface area contributed by atoms with Gasteiger partial charge in [0.1, 0.15) is 0 Å². The molecule has 1 aromatic rings. The first-order valence-electron chi connectivity index (χ1n) is 6.64. The Balaban J connectivity index is 2.59. The van der Waals surface area contributed by atoms with Crippen molar-refractivity contribution in [3.05, 3.63) is 21.3 Å². The summed E-state index contributed by atoms with van der Waals surface area (Å²) in [5, 5.41) is 3.59. The number of nitrogens with two attached hydrogens (primary N) is 1. The molecule has 0 spiro atoms. The first kappa shape index (κ1) is 16.0. The number of halogens is 1. The first-order valence-corrected chi connectivity index (χ1v) is 7.83. The molecule has 2 nitrogen and oxygen atoms in total. The highest BCUT2D eigenvalue weighted by atomic mass is 35.5. The molecular weight excluding hydrogens is 264 g/mol. The van der Waals surface area contributed by atoms with Gasteiger partial charge < -0.3 is 11.1 Å². The minimum Gasteiger partial charge on any atom is -0.329 e. The van der Waals surface area contributed by atoms with Gasteiger partial charge in [0.2, 0.25) is 0 Å². The fraction of sp³-hybridized carbons (Fsp3) is 0.714. The number of hydrogen-bond donors (Lipinski definition) is 2. The summed E-state index contributed by atoms with van der Waals surface area (Å²) in [5.41, 5.74) is 5.85. The van der Waals surface area contributed by atoms with Crippen molar-refractivity contribution in [2.75, 3.05) is 13.1 Å². The van der Waals surface area contributed by atoms with E-state index in [1.165, 1.54) is 4.88 Å². The van der Waals surface area contributed by atoms with Crippen LogP contribution in [0.3, 0.4) is 0 Å². The second-order valence-electron chi connectivity index (χ2n) is 5.49. The number of hydrogen-bond acceptors (Lipinski definition) is 3. The van der Waals surface area contributed by atoms with Crippen molar-refractivity contribution in [1.82, 2.24) is 5.32 Å². The lowest BCUT2D eigenvalue weighted by Crippen LogP contribution is -2.35. The molecule has 0 fully saturated rings. The molecule has 0 aromatic carbocycles. The summed E-state index contributed by atoms with van der Waals surface area (Å²) >= 11 is 7.59. The third-order valence-electron chi connectivity index (χ3n) is 3.49. The van der Waals surface area contributed by atoms with E-state index in [4.69, 9.17) is 17.3 Å². The van der Waals surface area contributed by atoms with E-state index in [2.05, 4.69) is 39.1 Å². The van der Waals surface area contributed by atoms with Gasteiger partial charge in [-0.2, -0.15) is 0 Å². The van der Waals surface area contributed by atoms with E-state index in [0.717, 1.165) is 10.9 Å². The maximum absolute atomic E-state index is 5.97. The summed E-state index contributed by atoms with van der Waals surface area (Å²) in [4.78, 5) is 1.23. The Labute approximate surface area is 120 Å². The highest BCUT2D eigenvalue weighted by molar-refractivity contribution is 7.16. The molecule has 0 aliphatic carbocycles. The Morgan fingerprint density at radius 1 is 1.22 bits per heavy atom. The molecule has 0 bridgehead atoms. The van der Waals surface area contributed by atoms with Gasteiger partial charge in [-0.1, -0.05) is 39.3 Å². The average molecular weight is 289 g/mol. The summed E-state index contributed by atoms with van der Waals surface area (Å²) in [6.07, 6.45) is 0. The van der Waals surface area contributed by atoms with Gasteiger partial charge in [-0.05, 0) is 36.4 Å². The molecule has 4 heteroatoms. The molecular formula is C14H25ClN2S. The highest BCUT2D eigenvalue weighted by Gasteiger charge is 2.19. The van der Waals surface area contributed by atoms with Crippen molar-refractivity contribution in [3.63, 3.8) is 0 Å². The Morgan fingerprint density at radius 3 is 2.22 bits per heavy atom. The van der Waals surface area contributed by atoms with Gasteiger partial charge in [-0.15, -0.1) is 11.3 Å². The fourth-order valence-electron chi connectivity index (χ4n) is 2.34. The van der Waals surface area contributed by atoms with Crippen molar-refractivity contribution < 1.29 is 0 Å². The van der Waals surface area contributed by atoms with E-state index < -0.39 is 0 Å². The van der Waals surface area contributed by atoms with Crippen molar-refractivity contribution in [3.8, 4) is 0 Å². The van der Waals surface area contributed by atoms with E-state index in [-0.39, 0.29) is 6.04 Å². The van der Waals surface area contributed by atoms with Crippen LogP contribution in [0.4, 0.5) is 0 Å². The summed E-state index contributed by atoms with van der Waals surface area (Å²) in [7, 11) is 0. The van der Waals surface area contributed by atoms with Gasteiger partial charge >= 0.3 is 0 Å². The van der Waals surface area contributed by atoms with Gasteiger partial charge in [-0.3, -0.25) is 0 Å². The number of nitrogens with one attached hydrogen (secondary N) is 1. The minimum absolute atomic E-state index is 0.225. The van der Waals surface area contributed by atoms with E-state index in [9.17, 15) is 0 Å². The van der Waals surface area contributed by atoms with Crippen LogP contribution in [0.15, 0.2) is 12.1 Å². The maximum Gasteiger partial charge on any atom is 0.0931 e. The van der Waals surface area contributed by atoms with Crippen LogP contribution < -0.4 is 11.1 Å². The van der Waals surface area contributed by atoms with Crippen LogP contribution in [-0.4, -0.2) is 13.1 Å². The minimum atomic E-state index is 0.225. The molecule has 104 valence electrons. The predicted molar refractivity (Wildman–Crippen MR) is 82.3 cm³/mol. The second kappa shape index (κ2) is 7.49. The standard InChI is InChI=1S/C14H25ClN2S/c1-9(2)11(10(3)4)8-17-12(7-16)13-5-6-14(15)18-13/h5-6,9-12,17H,7-8,16H2,1-4H3. The third-order valence-corrected chi connectivity index (χ3v) is 4.83. The fourth-order valence-corrected chi connectivity index (χ4v) is 3.48. The first-order chi connectivity index (χ1) is 8.45. The topological polar surface area (TPSA) is 38.0 Å². The SMILES string of the molecule is CC(C)C(CNC(CN)c1ccc(Cl)s1)C(C)C. The Kier molecular flexibility index (Phi) is 6.64. The van der Waals surface area contributed by atoms with Gasteiger partial charge in [-0.25, -0.2) is 0 Å². The average Bonchev–Trinajstić information content (AvgIpc) is 2.70. The Morgan fingerprint density at radius 2 is 1.83 bits per heavy atom. The van der Waals surface area contributed by atoms with Crippen molar-refractivity contribution >= 4 is 22.9 Å². The molecule has 0 amide bonds. The second-order valence-corrected chi connectivity index (χ2v) is 7.24. The van der Waals surface area contributed by atoms with Crippen LogP contribution in [-0.2, 0) is 0 Å². The molecule has 0 saturated carbocycles. The monoisotopic (exact) mass is 288 g/mol. The molecule has 3 N–H and O–H groups in total. The maximum atomic E-state index is 5.97. The third kappa shape index (κ3) is 4.54. The smallest absolute Gasteiger partial charge is 0.0931 e.